The zero-order valence-corrected chi connectivity index (χ0v) is 18.4. The molecule has 0 heterocycles. The molecular formula is C18H39ClO3Si. The summed E-state index contributed by atoms with van der Waals surface area (Å²) in [6.45, 7) is 19.3. The normalized spacial score (nSPS) is 17.1. The third kappa shape index (κ3) is 12.4. The molecule has 0 aliphatic heterocycles. The lowest BCUT2D eigenvalue weighted by Crippen LogP contribution is -2.47. The van der Waals surface area contributed by atoms with Crippen molar-refractivity contribution in [2.24, 2.45) is 17.8 Å². The van der Waals surface area contributed by atoms with Gasteiger partial charge in [-0.05, 0) is 57.8 Å². The first-order valence-electron chi connectivity index (χ1n) is 9.15. The predicted octanol–water partition coefficient (Wildman–Crippen LogP) is 6.01. The molecule has 0 aromatic rings. The average Bonchev–Trinajstić information content (AvgIpc) is 2.22. The molecule has 0 rings (SSSR count). The van der Waals surface area contributed by atoms with E-state index in [1.54, 1.807) is 0 Å². The van der Waals surface area contributed by atoms with Gasteiger partial charge in [0.1, 0.15) is 0 Å². The highest BCUT2D eigenvalue weighted by Gasteiger charge is 2.45. The van der Waals surface area contributed by atoms with Gasteiger partial charge in [0.2, 0.25) is 0 Å². The van der Waals surface area contributed by atoms with Crippen molar-refractivity contribution in [3.63, 3.8) is 0 Å². The molecule has 0 amide bonds. The van der Waals surface area contributed by atoms with Gasteiger partial charge in [-0.15, -0.1) is 0 Å². The Hall–Kier alpha value is 0.387. The third-order valence-corrected chi connectivity index (χ3v) is 6.29. The van der Waals surface area contributed by atoms with Gasteiger partial charge in [-0.2, -0.15) is 0 Å². The number of rotatable bonds is 12. The molecule has 0 fully saturated rings. The van der Waals surface area contributed by atoms with E-state index in [0.29, 0.717) is 17.8 Å². The van der Waals surface area contributed by atoms with Crippen LogP contribution < -0.4 is 0 Å². The summed E-state index contributed by atoms with van der Waals surface area (Å²) in [5.74, 6) is 1.67. The summed E-state index contributed by atoms with van der Waals surface area (Å²) in [4.78, 5) is 0. The van der Waals surface area contributed by atoms with E-state index in [0.717, 1.165) is 19.3 Å². The lowest BCUT2D eigenvalue weighted by molar-refractivity contribution is -0.00248. The minimum absolute atomic E-state index is 0.0386. The second-order valence-electron chi connectivity index (χ2n) is 8.16. The Bertz CT molecular complexity index is 265. The van der Waals surface area contributed by atoms with Gasteiger partial charge in [-0.1, -0.05) is 52.6 Å². The van der Waals surface area contributed by atoms with Crippen molar-refractivity contribution in [2.45, 2.75) is 99.9 Å². The molecule has 0 aromatic heterocycles. The van der Waals surface area contributed by atoms with Crippen molar-refractivity contribution < 1.29 is 13.3 Å². The van der Waals surface area contributed by atoms with Crippen LogP contribution in [0.4, 0.5) is 0 Å². The van der Waals surface area contributed by atoms with E-state index in [9.17, 15) is 0 Å². The maximum atomic E-state index is 6.75. The summed E-state index contributed by atoms with van der Waals surface area (Å²) in [6, 6.07) is 0. The topological polar surface area (TPSA) is 27.7 Å². The molecule has 0 bridgehead atoms. The highest BCUT2D eigenvalue weighted by molar-refractivity contribution is 7.09. The van der Waals surface area contributed by atoms with Gasteiger partial charge in [0.15, 0.2) is 0 Å². The molecule has 0 spiro atoms. The van der Waals surface area contributed by atoms with E-state index in [-0.39, 0.29) is 18.3 Å². The molecule has 3 atom stereocenters. The Morgan fingerprint density at radius 3 is 0.957 bits per heavy atom. The van der Waals surface area contributed by atoms with E-state index in [4.69, 9.17) is 24.4 Å². The van der Waals surface area contributed by atoms with Crippen LogP contribution in [-0.4, -0.2) is 26.4 Å². The Labute approximate surface area is 150 Å². The fourth-order valence-corrected chi connectivity index (χ4v) is 6.21. The van der Waals surface area contributed by atoms with Gasteiger partial charge in [-0.3, -0.25) is 0 Å². The minimum Gasteiger partial charge on any atom is -0.359 e. The van der Waals surface area contributed by atoms with E-state index in [1.807, 2.05) is 0 Å². The molecule has 140 valence electrons. The van der Waals surface area contributed by atoms with Gasteiger partial charge in [0.05, 0.1) is 0 Å². The van der Waals surface area contributed by atoms with Crippen molar-refractivity contribution in [3.05, 3.63) is 0 Å². The van der Waals surface area contributed by atoms with Crippen LogP contribution in [0.5, 0.6) is 0 Å². The van der Waals surface area contributed by atoms with Crippen LogP contribution in [0.2, 0.25) is 0 Å². The molecule has 0 saturated carbocycles. The van der Waals surface area contributed by atoms with E-state index >= 15 is 0 Å². The molecular weight excluding hydrogens is 328 g/mol. The number of hydrogen-bond acceptors (Lipinski definition) is 3. The first-order chi connectivity index (χ1) is 10.4. The van der Waals surface area contributed by atoms with Crippen LogP contribution in [0.3, 0.4) is 0 Å². The largest absolute Gasteiger partial charge is 0.613 e. The van der Waals surface area contributed by atoms with Gasteiger partial charge in [-0.25, -0.2) is 0 Å². The molecule has 5 heteroatoms. The standard InChI is InChI=1S/C18H39ClO3Si/c1-13(2)10-16(7)20-23(19,21-17(8)11-14(3)4)22-18(9)12-15(5)6/h13-18H,10-12H2,1-9H3/t16-,17-,18+/m1/s1. The molecule has 23 heavy (non-hydrogen) atoms. The van der Waals surface area contributed by atoms with E-state index < -0.39 is 8.11 Å². The summed E-state index contributed by atoms with van der Waals surface area (Å²) < 4.78 is 18.3. The van der Waals surface area contributed by atoms with Gasteiger partial charge in [0, 0.05) is 18.3 Å². The lowest BCUT2D eigenvalue weighted by Gasteiger charge is -2.32. The van der Waals surface area contributed by atoms with Gasteiger partial charge >= 0.3 is 8.11 Å². The second kappa shape index (κ2) is 11.1. The van der Waals surface area contributed by atoms with E-state index in [1.165, 1.54) is 0 Å². The van der Waals surface area contributed by atoms with Crippen LogP contribution in [0.15, 0.2) is 0 Å². The maximum Gasteiger partial charge on any atom is 0.613 e. The van der Waals surface area contributed by atoms with Crippen LogP contribution in [0.25, 0.3) is 0 Å². The molecule has 0 unspecified atom stereocenters. The van der Waals surface area contributed by atoms with Crippen LogP contribution in [0.1, 0.15) is 81.6 Å². The number of halogens is 1. The summed E-state index contributed by atoms with van der Waals surface area (Å²) in [6.07, 6.45) is 2.96. The molecule has 0 N–H and O–H groups in total. The summed E-state index contributed by atoms with van der Waals surface area (Å²) in [5, 5.41) is 0. The summed E-state index contributed by atoms with van der Waals surface area (Å²) in [7, 11) is -3.17. The first-order valence-corrected chi connectivity index (χ1v) is 11.9. The molecule has 0 aliphatic rings. The zero-order valence-electron chi connectivity index (χ0n) is 16.7. The fraction of sp³-hybridized carbons (Fsp3) is 1.00. The third-order valence-electron chi connectivity index (χ3n) is 3.44. The Balaban J connectivity index is 4.87. The minimum atomic E-state index is -3.17. The molecule has 0 saturated heterocycles. The first kappa shape index (κ1) is 23.4. The molecule has 0 aromatic carbocycles. The van der Waals surface area contributed by atoms with Crippen LogP contribution in [-0.2, 0) is 13.3 Å². The predicted molar refractivity (Wildman–Crippen MR) is 102 cm³/mol. The second-order valence-corrected chi connectivity index (χ2v) is 11.2. The van der Waals surface area contributed by atoms with Crippen molar-refractivity contribution in [1.29, 1.82) is 0 Å². The van der Waals surface area contributed by atoms with Gasteiger partial charge < -0.3 is 13.3 Å². The Morgan fingerprint density at radius 2 is 0.783 bits per heavy atom. The van der Waals surface area contributed by atoms with Crippen molar-refractivity contribution in [3.8, 4) is 0 Å². The number of hydrogen-bond donors (Lipinski definition) is 0. The summed E-state index contributed by atoms with van der Waals surface area (Å²) >= 11 is 6.75. The van der Waals surface area contributed by atoms with Crippen molar-refractivity contribution in [2.75, 3.05) is 0 Å². The van der Waals surface area contributed by atoms with Crippen LogP contribution >= 0.6 is 11.1 Å². The lowest BCUT2D eigenvalue weighted by atomic mass is 10.1. The highest BCUT2D eigenvalue weighted by Crippen LogP contribution is 2.26. The van der Waals surface area contributed by atoms with Crippen molar-refractivity contribution >= 4 is 19.2 Å². The van der Waals surface area contributed by atoms with Crippen LogP contribution in [0, 0.1) is 17.8 Å². The fourth-order valence-electron chi connectivity index (χ4n) is 2.94. The maximum absolute atomic E-state index is 6.75. The highest BCUT2D eigenvalue weighted by atomic mass is 35.6. The Kier molecular flexibility index (Phi) is 11.3. The molecule has 0 aliphatic carbocycles. The van der Waals surface area contributed by atoms with Gasteiger partial charge in [0.25, 0.3) is 0 Å². The zero-order chi connectivity index (χ0) is 18.2. The Morgan fingerprint density at radius 1 is 0.565 bits per heavy atom. The molecule has 3 nitrogen and oxygen atoms in total. The summed E-state index contributed by atoms with van der Waals surface area (Å²) in [5.41, 5.74) is 0. The quantitative estimate of drug-likeness (QED) is 0.312. The monoisotopic (exact) mass is 366 g/mol. The smallest absolute Gasteiger partial charge is 0.359 e. The van der Waals surface area contributed by atoms with Crippen molar-refractivity contribution in [1.82, 2.24) is 0 Å². The SMILES string of the molecule is CC(C)C[C@@H](C)O[Si](Cl)(O[C@H](C)CC(C)C)O[C@@H](C)CC(C)C. The average molecular weight is 367 g/mol. The molecule has 0 radical (unpaired) electrons. The van der Waals surface area contributed by atoms with E-state index in [2.05, 4.69) is 62.3 Å².